The number of rotatable bonds is 3. The average Bonchev–Trinajstić information content (AvgIpc) is 2.41. The van der Waals surface area contributed by atoms with Crippen LogP contribution in [0.1, 0.15) is 28.4 Å². The van der Waals surface area contributed by atoms with Gasteiger partial charge in [0.25, 0.3) is 0 Å². The van der Waals surface area contributed by atoms with Gasteiger partial charge in [0.05, 0.1) is 7.11 Å². The number of methoxy groups -OCH3 is 1. The lowest BCUT2D eigenvalue weighted by molar-refractivity contribution is 0.214. The van der Waals surface area contributed by atoms with E-state index in [9.17, 15) is 5.11 Å². The van der Waals surface area contributed by atoms with Crippen LogP contribution in [0.5, 0.6) is 5.75 Å². The van der Waals surface area contributed by atoms with Crippen molar-refractivity contribution in [2.75, 3.05) is 7.11 Å². The Morgan fingerprint density at radius 1 is 1.11 bits per heavy atom. The van der Waals surface area contributed by atoms with Gasteiger partial charge < -0.3 is 9.84 Å². The summed E-state index contributed by atoms with van der Waals surface area (Å²) >= 11 is 3.54. The monoisotopic (exact) mass is 320 g/mol. The fourth-order valence-corrected chi connectivity index (χ4v) is 2.60. The zero-order chi connectivity index (χ0) is 14.0. The quantitative estimate of drug-likeness (QED) is 0.920. The highest BCUT2D eigenvalue weighted by Gasteiger charge is 2.18. The van der Waals surface area contributed by atoms with E-state index < -0.39 is 6.10 Å². The van der Waals surface area contributed by atoms with Crippen molar-refractivity contribution in [3.63, 3.8) is 0 Å². The Morgan fingerprint density at radius 2 is 1.84 bits per heavy atom. The standard InChI is InChI=1S/C16H17BrO2/c1-10-7-8-14(19-3)13(9-10)16(18)12-6-4-5-11(2)15(12)17/h4-9,16,18H,1-3H3. The van der Waals surface area contributed by atoms with Gasteiger partial charge >= 0.3 is 0 Å². The maximum absolute atomic E-state index is 10.6. The van der Waals surface area contributed by atoms with E-state index in [1.807, 2.05) is 50.2 Å². The number of ether oxygens (including phenoxy) is 1. The molecule has 19 heavy (non-hydrogen) atoms. The summed E-state index contributed by atoms with van der Waals surface area (Å²) < 4.78 is 6.27. The summed E-state index contributed by atoms with van der Waals surface area (Å²) in [6, 6.07) is 11.7. The van der Waals surface area contributed by atoms with Crippen LogP contribution in [0.2, 0.25) is 0 Å². The van der Waals surface area contributed by atoms with Gasteiger partial charge in [-0.25, -0.2) is 0 Å². The molecular formula is C16H17BrO2. The van der Waals surface area contributed by atoms with Gasteiger partial charge in [0.15, 0.2) is 0 Å². The Bertz CT molecular complexity index is 593. The van der Waals surface area contributed by atoms with Gasteiger partial charge in [0.2, 0.25) is 0 Å². The number of hydrogen-bond acceptors (Lipinski definition) is 2. The summed E-state index contributed by atoms with van der Waals surface area (Å²) in [5.74, 6) is 0.700. The third-order valence-electron chi connectivity index (χ3n) is 3.20. The second kappa shape index (κ2) is 5.76. The molecular weight excluding hydrogens is 304 g/mol. The summed E-state index contributed by atoms with van der Waals surface area (Å²) in [4.78, 5) is 0. The molecule has 1 N–H and O–H groups in total. The molecule has 0 saturated carbocycles. The van der Waals surface area contributed by atoms with E-state index >= 15 is 0 Å². The van der Waals surface area contributed by atoms with E-state index in [2.05, 4.69) is 15.9 Å². The Labute approximate surface area is 122 Å². The smallest absolute Gasteiger partial charge is 0.125 e. The molecule has 2 aromatic carbocycles. The molecule has 100 valence electrons. The molecule has 1 unspecified atom stereocenters. The van der Waals surface area contributed by atoms with Crippen molar-refractivity contribution < 1.29 is 9.84 Å². The van der Waals surface area contributed by atoms with Crippen molar-refractivity contribution in [3.05, 3.63) is 63.1 Å². The van der Waals surface area contributed by atoms with E-state index in [1.165, 1.54) is 0 Å². The first-order chi connectivity index (χ1) is 9.04. The molecule has 0 aliphatic carbocycles. The van der Waals surface area contributed by atoms with E-state index in [0.29, 0.717) is 5.75 Å². The second-order valence-corrected chi connectivity index (χ2v) is 5.42. The highest BCUT2D eigenvalue weighted by Crippen LogP contribution is 2.35. The Morgan fingerprint density at radius 3 is 2.53 bits per heavy atom. The number of aliphatic hydroxyl groups excluding tert-OH is 1. The summed E-state index contributed by atoms with van der Waals surface area (Å²) in [7, 11) is 1.62. The molecule has 0 saturated heterocycles. The zero-order valence-electron chi connectivity index (χ0n) is 11.3. The average molecular weight is 321 g/mol. The van der Waals surface area contributed by atoms with Crippen molar-refractivity contribution in [2.45, 2.75) is 20.0 Å². The highest BCUT2D eigenvalue weighted by molar-refractivity contribution is 9.10. The van der Waals surface area contributed by atoms with E-state index in [0.717, 1.165) is 26.7 Å². The molecule has 0 amide bonds. The van der Waals surface area contributed by atoms with Crippen LogP contribution in [0.3, 0.4) is 0 Å². The second-order valence-electron chi connectivity index (χ2n) is 4.63. The first-order valence-electron chi connectivity index (χ1n) is 6.12. The lowest BCUT2D eigenvalue weighted by atomic mass is 9.98. The fraction of sp³-hybridized carbons (Fsp3) is 0.250. The van der Waals surface area contributed by atoms with Crippen molar-refractivity contribution in [1.82, 2.24) is 0 Å². The number of aliphatic hydroxyl groups is 1. The topological polar surface area (TPSA) is 29.5 Å². The highest BCUT2D eigenvalue weighted by atomic mass is 79.9. The number of halogens is 1. The van der Waals surface area contributed by atoms with Crippen LogP contribution >= 0.6 is 15.9 Å². The van der Waals surface area contributed by atoms with Crippen LogP contribution in [0.4, 0.5) is 0 Å². The molecule has 0 radical (unpaired) electrons. The summed E-state index contributed by atoms with van der Waals surface area (Å²) in [6.07, 6.45) is -0.705. The summed E-state index contributed by atoms with van der Waals surface area (Å²) in [6.45, 7) is 4.01. The molecule has 0 spiro atoms. The maximum atomic E-state index is 10.6. The van der Waals surface area contributed by atoms with Crippen molar-refractivity contribution in [1.29, 1.82) is 0 Å². The van der Waals surface area contributed by atoms with Crippen LogP contribution in [-0.4, -0.2) is 12.2 Å². The zero-order valence-corrected chi connectivity index (χ0v) is 12.9. The van der Waals surface area contributed by atoms with Gasteiger partial charge in [-0.3, -0.25) is 0 Å². The molecule has 3 heteroatoms. The minimum absolute atomic E-state index is 0.700. The normalized spacial score (nSPS) is 12.3. The van der Waals surface area contributed by atoms with Gasteiger partial charge in [-0.2, -0.15) is 0 Å². The molecule has 0 aliphatic rings. The molecule has 2 nitrogen and oxygen atoms in total. The van der Waals surface area contributed by atoms with Crippen molar-refractivity contribution in [3.8, 4) is 5.75 Å². The van der Waals surface area contributed by atoms with Crippen LogP contribution in [-0.2, 0) is 0 Å². The van der Waals surface area contributed by atoms with Crippen LogP contribution in [0, 0.1) is 13.8 Å². The third-order valence-corrected chi connectivity index (χ3v) is 4.28. The summed E-state index contributed by atoms with van der Waals surface area (Å²) in [5, 5.41) is 10.6. The maximum Gasteiger partial charge on any atom is 0.125 e. The molecule has 0 aliphatic heterocycles. The number of benzene rings is 2. The lowest BCUT2D eigenvalue weighted by Crippen LogP contribution is -2.04. The summed E-state index contributed by atoms with van der Waals surface area (Å²) in [5.41, 5.74) is 3.83. The lowest BCUT2D eigenvalue weighted by Gasteiger charge is -2.18. The molecule has 0 aromatic heterocycles. The van der Waals surface area contributed by atoms with E-state index in [4.69, 9.17) is 4.74 Å². The van der Waals surface area contributed by atoms with Gasteiger partial charge in [-0.05, 0) is 37.1 Å². The van der Waals surface area contributed by atoms with E-state index in [-0.39, 0.29) is 0 Å². The van der Waals surface area contributed by atoms with Crippen molar-refractivity contribution in [2.24, 2.45) is 0 Å². The minimum Gasteiger partial charge on any atom is -0.496 e. The molecule has 0 fully saturated rings. The van der Waals surface area contributed by atoms with Gasteiger partial charge in [-0.15, -0.1) is 0 Å². The predicted octanol–water partition coefficient (Wildman–Crippen LogP) is 4.16. The predicted molar refractivity (Wildman–Crippen MR) is 80.7 cm³/mol. The molecule has 2 aromatic rings. The SMILES string of the molecule is COc1ccc(C)cc1C(O)c1cccc(C)c1Br. The van der Waals surface area contributed by atoms with Gasteiger partial charge in [0, 0.05) is 10.0 Å². The van der Waals surface area contributed by atoms with Crippen LogP contribution in [0.25, 0.3) is 0 Å². The van der Waals surface area contributed by atoms with Gasteiger partial charge in [-0.1, -0.05) is 45.8 Å². The molecule has 0 bridgehead atoms. The fourth-order valence-electron chi connectivity index (χ4n) is 2.12. The Hall–Kier alpha value is -1.32. The number of aryl methyl sites for hydroxylation is 2. The first-order valence-corrected chi connectivity index (χ1v) is 6.91. The van der Waals surface area contributed by atoms with Crippen LogP contribution in [0.15, 0.2) is 40.9 Å². The molecule has 2 rings (SSSR count). The molecule has 1 atom stereocenters. The Kier molecular flexibility index (Phi) is 4.27. The molecule has 0 heterocycles. The third kappa shape index (κ3) is 2.82. The minimum atomic E-state index is -0.705. The van der Waals surface area contributed by atoms with E-state index in [1.54, 1.807) is 7.11 Å². The van der Waals surface area contributed by atoms with Crippen molar-refractivity contribution >= 4 is 15.9 Å². The largest absolute Gasteiger partial charge is 0.496 e. The number of hydrogen-bond donors (Lipinski definition) is 1. The van der Waals surface area contributed by atoms with Crippen LogP contribution < -0.4 is 4.74 Å². The Balaban J connectivity index is 2.52. The van der Waals surface area contributed by atoms with Gasteiger partial charge in [0.1, 0.15) is 11.9 Å². The first kappa shape index (κ1) is 14.1.